The molecule has 1 atom stereocenters. The van der Waals surface area contributed by atoms with E-state index in [-0.39, 0.29) is 17.9 Å². The van der Waals surface area contributed by atoms with Crippen molar-refractivity contribution in [3.8, 4) is 0 Å². The Morgan fingerprint density at radius 3 is 3.08 bits per heavy atom. The molecule has 1 aromatic carbocycles. The first-order valence-corrected chi connectivity index (χ1v) is 9.45. The van der Waals surface area contributed by atoms with Gasteiger partial charge in [0.15, 0.2) is 5.82 Å². The predicted octanol–water partition coefficient (Wildman–Crippen LogP) is 3.61. The van der Waals surface area contributed by atoms with E-state index in [1.54, 1.807) is 4.90 Å². The summed E-state index contributed by atoms with van der Waals surface area (Å²) >= 11 is 1.14. The summed E-state index contributed by atoms with van der Waals surface area (Å²) in [5.74, 6) is 1.63. The molecule has 0 bridgehead atoms. The average Bonchev–Trinajstić information content (AvgIpc) is 3.32. The number of carbonyl (C=O) groups excluding carboxylic acids is 1. The van der Waals surface area contributed by atoms with Gasteiger partial charge in [-0.15, -0.1) is 0 Å². The molecule has 1 fully saturated rings. The van der Waals surface area contributed by atoms with Crippen LogP contribution in [-0.2, 0) is 0 Å². The van der Waals surface area contributed by atoms with Crippen molar-refractivity contribution in [2.24, 2.45) is 0 Å². The number of likely N-dealkylation sites (tertiary alicyclic amines) is 1. The van der Waals surface area contributed by atoms with Crippen molar-refractivity contribution in [1.29, 1.82) is 0 Å². The summed E-state index contributed by atoms with van der Waals surface area (Å²) in [4.78, 5) is 19.0. The fourth-order valence-corrected chi connectivity index (χ4v) is 3.66. The Labute approximate surface area is 154 Å². The van der Waals surface area contributed by atoms with Gasteiger partial charge >= 0.3 is 6.03 Å². The second-order valence-electron chi connectivity index (χ2n) is 6.80. The van der Waals surface area contributed by atoms with Crippen molar-refractivity contribution < 1.29 is 9.32 Å². The molecule has 1 aliphatic rings. The second kappa shape index (κ2) is 6.99. The van der Waals surface area contributed by atoms with Gasteiger partial charge in [0, 0.05) is 19.0 Å². The highest BCUT2D eigenvalue weighted by Gasteiger charge is 2.29. The Bertz CT molecular complexity index is 921. The molecular formula is C17H20N6O2S. The van der Waals surface area contributed by atoms with Crippen molar-refractivity contribution in [3.05, 3.63) is 29.9 Å². The molecule has 1 saturated heterocycles. The number of rotatable bonds is 3. The number of hydrogen-bond donors (Lipinski definition) is 1. The fraction of sp³-hybridized carbons (Fsp3) is 0.471. The van der Waals surface area contributed by atoms with Crippen molar-refractivity contribution in [2.45, 2.75) is 38.5 Å². The number of piperidine rings is 1. The standard InChI is InChI=1S/C17H20N6O2S/c1-10(2)15-19-16(25-20-15)11-5-4-8-23(9-11)17(24)18-12-6-3-7-13-14(12)22-26-21-13/h3,6-7,10-11H,4-5,8-9H2,1-2H3,(H,18,24). The van der Waals surface area contributed by atoms with Crippen LogP contribution in [0.3, 0.4) is 0 Å². The third-order valence-corrected chi connectivity index (χ3v) is 5.10. The Hall–Kier alpha value is -2.55. The number of fused-ring (bicyclic) bond motifs is 1. The quantitative estimate of drug-likeness (QED) is 0.754. The minimum Gasteiger partial charge on any atom is -0.339 e. The zero-order chi connectivity index (χ0) is 18.1. The highest BCUT2D eigenvalue weighted by molar-refractivity contribution is 7.00. The second-order valence-corrected chi connectivity index (χ2v) is 7.33. The van der Waals surface area contributed by atoms with E-state index in [9.17, 15) is 4.79 Å². The predicted molar refractivity (Wildman–Crippen MR) is 98.4 cm³/mol. The lowest BCUT2D eigenvalue weighted by Gasteiger charge is -2.31. The maximum Gasteiger partial charge on any atom is 0.321 e. The lowest BCUT2D eigenvalue weighted by atomic mass is 9.98. The maximum absolute atomic E-state index is 12.7. The molecule has 0 saturated carbocycles. The Morgan fingerprint density at radius 2 is 2.27 bits per heavy atom. The average molecular weight is 372 g/mol. The van der Waals surface area contributed by atoms with Crippen LogP contribution >= 0.6 is 11.7 Å². The Kier molecular flexibility index (Phi) is 4.54. The third kappa shape index (κ3) is 3.26. The molecule has 1 aliphatic heterocycles. The molecule has 0 spiro atoms. The minimum atomic E-state index is -0.140. The maximum atomic E-state index is 12.7. The van der Waals surface area contributed by atoms with Crippen LogP contribution in [0.1, 0.15) is 50.2 Å². The number of benzene rings is 1. The van der Waals surface area contributed by atoms with Gasteiger partial charge in [-0.3, -0.25) is 0 Å². The normalized spacial score (nSPS) is 17.8. The first-order valence-electron chi connectivity index (χ1n) is 8.72. The van der Waals surface area contributed by atoms with E-state index in [4.69, 9.17) is 4.52 Å². The fourth-order valence-electron chi connectivity index (χ4n) is 3.11. The van der Waals surface area contributed by atoms with Crippen LogP contribution < -0.4 is 5.32 Å². The number of urea groups is 1. The van der Waals surface area contributed by atoms with Gasteiger partial charge in [0.1, 0.15) is 11.0 Å². The van der Waals surface area contributed by atoms with Gasteiger partial charge in [0.05, 0.1) is 23.3 Å². The van der Waals surface area contributed by atoms with Gasteiger partial charge in [-0.05, 0) is 25.0 Å². The number of amides is 2. The lowest BCUT2D eigenvalue weighted by Crippen LogP contribution is -2.41. The molecule has 3 heterocycles. The number of hydrogen-bond acceptors (Lipinski definition) is 7. The van der Waals surface area contributed by atoms with E-state index >= 15 is 0 Å². The molecule has 9 heteroatoms. The number of anilines is 1. The van der Waals surface area contributed by atoms with Crippen LogP contribution in [0.4, 0.5) is 10.5 Å². The molecule has 1 N–H and O–H groups in total. The Morgan fingerprint density at radius 1 is 1.38 bits per heavy atom. The van der Waals surface area contributed by atoms with Gasteiger partial charge in [0.25, 0.3) is 0 Å². The molecule has 4 rings (SSSR count). The van der Waals surface area contributed by atoms with Crippen molar-refractivity contribution >= 4 is 34.5 Å². The van der Waals surface area contributed by atoms with Gasteiger partial charge in [-0.25, -0.2) is 4.79 Å². The van der Waals surface area contributed by atoms with E-state index in [0.29, 0.717) is 30.5 Å². The Balaban J connectivity index is 1.47. The van der Waals surface area contributed by atoms with E-state index in [1.165, 1.54) is 0 Å². The summed E-state index contributed by atoms with van der Waals surface area (Å²) in [5.41, 5.74) is 2.19. The van der Waals surface area contributed by atoms with Crippen molar-refractivity contribution in [1.82, 2.24) is 23.8 Å². The molecule has 0 aliphatic carbocycles. The van der Waals surface area contributed by atoms with Crippen LogP contribution in [0.5, 0.6) is 0 Å². The summed E-state index contributed by atoms with van der Waals surface area (Å²) in [6.07, 6.45) is 1.84. The molecule has 2 amide bonds. The minimum absolute atomic E-state index is 0.0752. The molecular weight excluding hydrogens is 352 g/mol. The summed E-state index contributed by atoms with van der Waals surface area (Å²) < 4.78 is 13.9. The van der Waals surface area contributed by atoms with Crippen LogP contribution in [0.2, 0.25) is 0 Å². The van der Waals surface area contributed by atoms with E-state index in [2.05, 4.69) is 24.2 Å². The summed E-state index contributed by atoms with van der Waals surface area (Å²) in [5, 5.41) is 7.00. The summed E-state index contributed by atoms with van der Waals surface area (Å²) in [6, 6.07) is 5.45. The van der Waals surface area contributed by atoms with Gasteiger partial charge in [-0.1, -0.05) is 25.1 Å². The van der Waals surface area contributed by atoms with Crippen LogP contribution in [0, 0.1) is 0 Å². The summed E-state index contributed by atoms with van der Waals surface area (Å²) in [7, 11) is 0. The SMILES string of the molecule is CC(C)c1noc(C2CCCN(C(=O)Nc3cccc4nsnc34)C2)n1. The molecule has 26 heavy (non-hydrogen) atoms. The summed E-state index contributed by atoms with van der Waals surface area (Å²) in [6.45, 7) is 5.34. The molecule has 2 aromatic heterocycles. The van der Waals surface area contributed by atoms with Crippen molar-refractivity contribution in [2.75, 3.05) is 18.4 Å². The van der Waals surface area contributed by atoms with Crippen molar-refractivity contribution in [3.63, 3.8) is 0 Å². The van der Waals surface area contributed by atoms with Crippen LogP contribution in [-0.4, -0.2) is 42.9 Å². The van der Waals surface area contributed by atoms with Crippen LogP contribution in [0.25, 0.3) is 11.0 Å². The smallest absolute Gasteiger partial charge is 0.321 e. The number of nitrogens with zero attached hydrogens (tertiary/aromatic N) is 5. The first kappa shape index (κ1) is 16.9. The van der Waals surface area contributed by atoms with Gasteiger partial charge < -0.3 is 14.7 Å². The molecule has 1 unspecified atom stereocenters. The highest BCUT2D eigenvalue weighted by atomic mass is 32.1. The van der Waals surface area contributed by atoms with Gasteiger partial charge in [-0.2, -0.15) is 13.7 Å². The van der Waals surface area contributed by atoms with E-state index in [1.807, 2.05) is 32.0 Å². The molecule has 0 radical (unpaired) electrons. The number of nitrogens with one attached hydrogen (secondary N) is 1. The molecule has 8 nitrogen and oxygen atoms in total. The zero-order valence-corrected chi connectivity index (χ0v) is 15.5. The highest BCUT2D eigenvalue weighted by Crippen LogP contribution is 2.28. The first-order chi connectivity index (χ1) is 12.6. The number of aromatic nitrogens is 4. The van der Waals surface area contributed by atoms with Crippen LogP contribution in [0.15, 0.2) is 22.7 Å². The zero-order valence-electron chi connectivity index (χ0n) is 14.7. The number of carbonyl (C=O) groups is 1. The topological polar surface area (TPSA) is 97.0 Å². The molecule has 136 valence electrons. The largest absolute Gasteiger partial charge is 0.339 e. The van der Waals surface area contributed by atoms with E-state index < -0.39 is 0 Å². The van der Waals surface area contributed by atoms with Gasteiger partial charge in [0.2, 0.25) is 5.89 Å². The third-order valence-electron chi connectivity index (χ3n) is 4.56. The van der Waals surface area contributed by atoms with E-state index in [0.717, 1.165) is 35.6 Å². The molecule has 3 aromatic rings. The monoisotopic (exact) mass is 372 g/mol. The lowest BCUT2D eigenvalue weighted by molar-refractivity contribution is 0.184.